The molecule has 0 radical (unpaired) electrons. The quantitative estimate of drug-likeness (QED) is 0.881. The molecule has 2 aromatic carbocycles. The molecule has 0 heterocycles. The van der Waals surface area contributed by atoms with Crippen LogP contribution in [0.4, 0.5) is 8.78 Å². The highest BCUT2D eigenvalue weighted by Crippen LogP contribution is 2.23. The highest BCUT2D eigenvalue weighted by atomic mass is 19.3. The summed E-state index contributed by atoms with van der Waals surface area (Å²) in [5.74, 6) is 0. The molecule has 2 unspecified atom stereocenters. The van der Waals surface area contributed by atoms with Gasteiger partial charge in [-0.05, 0) is 17.5 Å². The minimum Gasteiger partial charge on any atom is -0.387 e. The Morgan fingerprint density at radius 2 is 1.45 bits per heavy atom. The van der Waals surface area contributed by atoms with E-state index in [2.05, 4.69) is 0 Å². The number of aliphatic hydroxyl groups is 1. The van der Waals surface area contributed by atoms with Crippen LogP contribution in [0.3, 0.4) is 0 Å². The fraction of sp³-hybridized carbons (Fsp3) is 0.250. The third-order valence-electron chi connectivity index (χ3n) is 3.25. The molecule has 0 bridgehead atoms. The standard InChI is InChI=1S/C16H17F2NO/c17-16(18)13-8-6-12(7-9-13)15(20)14(19)10-11-4-2-1-3-5-11/h1-9,14-16,20H,10,19H2. The lowest BCUT2D eigenvalue weighted by molar-refractivity contribution is 0.144. The Morgan fingerprint density at radius 3 is 2.00 bits per heavy atom. The summed E-state index contributed by atoms with van der Waals surface area (Å²) < 4.78 is 24.9. The van der Waals surface area contributed by atoms with Crippen LogP contribution < -0.4 is 5.73 Å². The maximum atomic E-state index is 12.5. The maximum absolute atomic E-state index is 12.5. The number of rotatable bonds is 5. The molecular weight excluding hydrogens is 260 g/mol. The first-order chi connectivity index (χ1) is 9.58. The second-order valence-corrected chi connectivity index (χ2v) is 4.77. The van der Waals surface area contributed by atoms with Crippen molar-refractivity contribution in [2.75, 3.05) is 0 Å². The van der Waals surface area contributed by atoms with E-state index in [1.54, 1.807) is 0 Å². The van der Waals surface area contributed by atoms with Crippen LogP contribution in [0.5, 0.6) is 0 Å². The Labute approximate surface area is 116 Å². The van der Waals surface area contributed by atoms with Crippen LogP contribution in [0.1, 0.15) is 29.2 Å². The molecule has 2 rings (SSSR count). The minimum absolute atomic E-state index is 0.0578. The van der Waals surface area contributed by atoms with Crippen molar-refractivity contribution in [1.82, 2.24) is 0 Å². The zero-order chi connectivity index (χ0) is 14.5. The van der Waals surface area contributed by atoms with Crippen molar-refractivity contribution in [2.24, 2.45) is 5.73 Å². The van der Waals surface area contributed by atoms with Gasteiger partial charge in [0.25, 0.3) is 6.43 Å². The lowest BCUT2D eigenvalue weighted by atomic mass is 9.96. The summed E-state index contributed by atoms with van der Waals surface area (Å²) >= 11 is 0. The van der Waals surface area contributed by atoms with Crippen LogP contribution in [-0.4, -0.2) is 11.1 Å². The number of hydrogen-bond acceptors (Lipinski definition) is 2. The second-order valence-electron chi connectivity index (χ2n) is 4.77. The van der Waals surface area contributed by atoms with Crippen molar-refractivity contribution in [3.8, 4) is 0 Å². The van der Waals surface area contributed by atoms with Gasteiger partial charge in [-0.3, -0.25) is 0 Å². The van der Waals surface area contributed by atoms with E-state index in [4.69, 9.17) is 5.73 Å². The van der Waals surface area contributed by atoms with E-state index in [0.29, 0.717) is 12.0 Å². The lowest BCUT2D eigenvalue weighted by Gasteiger charge is -2.19. The summed E-state index contributed by atoms with van der Waals surface area (Å²) in [4.78, 5) is 0. The molecule has 3 N–H and O–H groups in total. The van der Waals surface area contributed by atoms with E-state index in [1.165, 1.54) is 24.3 Å². The molecule has 2 nitrogen and oxygen atoms in total. The van der Waals surface area contributed by atoms with Gasteiger partial charge in [0.1, 0.15) is 0 Å². The first kappa shape index (κ1) is 14.6. The summed E-state index contributed by atoms with van der Waals surface area (Å²) in [7, 11) is 0. The van der Waals surface area contributed by atoms with E-state index in [1.807, 2.05) is 30.3 Å². The van der Waals surface area contributed by atoms with Gasteiger partial charge in [-0.1, -0.05) is 54.6 Å². The molecule has 0 aromatic heterocycles. The molecule has 0 aliphatic rings. The predicted molar refractivity (Wildman–Crippen MR) is 74.5 cm³/mol. The van der Waals surface area contributed by atoms with Crippen molar-refractivity contribution in [2.45, 2.75) is 25.0 Å². The van der Waals surface area contributed by atoms with Gasteiger partial charge in [-0.15, -0.1) is 0 Å². The van der Waals surface area contributed by atoms with Crippen LogP contribution in [0.2, 0.25) is 0 Å². The van der Waals surface area contributed by atoms with Gasteiger partial charge in [-0.2, -0.15) is 0 Å². The summed E-state index contributed by atoms with van der Waals surface area (Å²) in [5, 5.41) is 10.2. The fourth-order valence-corrected chi connectivity index (χ4v) is 2.08. The predicted octanol–water partition coefficient (Wildman–Crippen LogP) is 3.23. The smallest absolute Gasteiger partial charge is 0.263 e. The number of hydrogen-bond donors (Lipinski definition) is 2. The third-order valence-corrected chi connectivity index (χ3v) is 3.25. The highest BCUT2D eigenvalue weighted by Gasteiger charge is 2.18. The van der Waals surface area contributed by atoms with E-state index in [9.17, 15) is 13.9 Å². The van der Waals surface area contributed by atoms with Gasteiger partial charge in [-0.25, -0.2) is 8.78 Å². The molecule has 0 saturated carbocycles. The molecule has 0 aliphatic heterocycles. The van der Waals surface area contributed by atoms with E-state index >= 15 is 0 Å². The molecule has 0 fully saturated rings. The summed E-state index contributed by atoms with van der Waals surface area (Å²) in [5.41, 5.74) is 7.51. The SMILES string of the molecule is NC(Cc1ccccc1)C(O)c1ccc(C(F)F)cc1. The van der Waals surface area contributed by atoms with Crippen molar-refractivity contribution >= 4 is 0 Å². The zero-order valence-electron chi connectivity index (χ0n) is 10.9. The van der Waals surface area contributed by atoms with Gasteiger partial charge in [0, 0.05) is 11.6 Å². The Morgan fingerprint density at radius 1 is 0.900 bits per heavy atom. The Balaban J connectivity index is 2.04. The van der Waals surface area contributed by atoms with Crippen molar-refractivity contribution in [3.05, 3.63) is 71.3 Å². The highest BCUT2D eigenvalue weighted by molar-refractivity contribution is 5.26. The molecule has 0 saturated heterocycles. The average molecular weight is 277 g/mol. The van der Waals surface area contributed by atoms with Crippen molar-refractivity contribution in [3.63, 3.8) is 0 Å². The van der Waals surface area contributed by atoms with Crippen molar-refractivity contribution < 1.29 is 13.9 Å². The van der Waals surface area contributed by atoms with Crippen LogP contribution in [0.25, 0.3) is 0 Å². The topological polar surface area (TPSA) is 46.2 Å². The number of alkyl halides is 2. The average Bonchev–Trinajstić information content (AvgIpc) is 2.47. The summed E-state index contributed by atoms with van der Waals surface area (Å²) in [6.07, 6.45) is -2.85. The number of nitrogens with two attached hydrogens (primary N) is 1. The second kappa shape index (κ2) is 6.59. The minimum atomic E-state index is -2.50. The zero-order valence-corrected chi connectivity index (χ0v) is 10.9. The van der Waals surface area contributed by atoms with Crippen LogP contribution in [0.15, 0.2) is 54.6 Å². The number of halogens is 2. The van der Waals surface area contributed by atoms with E-state index in [-0.39, 0.29) is 5.56 Å². The number of aliphatic hydroxyl groups excluding tert-OH is 1. The summed E-state index contributed by atoms with van der Waals surface area (Å²) in [6, 6.07) is 14.8. The van der Waals surface area contributed by atoms with Crippen LogP contribution >= 0.6 is 0 Å². The molecule has 0 spiro atoms. The van der Waals surface area contributed by atoms with E-state index < -0.39 is 18.6 Å². The maximum Gasteiger partial charge on any atom is 0.263 e. The third kappa shape index (κ3) is 3.62. The Kier molecular flexibility index (Phi) is 4.82. The van der Waals surface area contributed by atoms with Gasteiger partial charge >= 0.3 is 0 Å². The molecule has 2 atom stereocenters. The van der Waals surface area contributed by atoms with Crippen molar-refractivity contribution in [1.29, 1.82) is 0 Å². The normalized spacial score (nSPS) is 14.2. The monoisotopic (exact) mass is 277 g/mol. The van der Waals surface area contributed by atoms with Gasteiger partial charge in [0.05, 0.1) is 6.10 Å². The molecule has 4 heteroatoms. The first-order valence-corrected chi connectivity index (χ1v) is 6.43. The largest absolute Gasteiger partial charge is 0.387 e. The molecular formula is C16H17F2NO. The van der Waals surface area contributed by atoms with Gasteiger partial charge in [0.15, 0.2) is 0 Å². The van der Waals surface area contributed by atoms with Gasteiger partial charge < -0.3 is 10.8 Å². The van der Waals surface area contributed by atoms with E-state index in [0.717, 1.165) is 5.56 Å². The molecule has 0 amide bonds. The Hall–Kier alpha value is -1.78. The molecule has 20 heavy (non-hydrogen) atoms. The molecule has 106 valence electrons. The lowest BCUT2D eigenvalue weighted by Crippen LogP contribution is -2.30. The van der Waals surface area contributed by atoms with Crippen LogP contribution in [-0.2, 0) is 6.42 Å². The molecule has 0 aliphatic carbocycles. The number of benzene rings is 2. The fourth-order valence-electron chi connectivity index (χ4n) is 2.08. The van der Waals surface area contributed by atoms with Gasteiger partial charge in [0.2, 0.25) is 0 Å². The van der Waals surface area contributed by atoms with Crippen LogP contribution in [0, 0.1) is 0 Å². The Bertz CT molecular complexity index is 528. The first-order valence-electron chi connectivity index (χ1n) is 6.43. The summed E-state index contributed by atoms with van der Waals surface area (Å²) in [6.45, 7) is 0. The molecule has 2 aromatic rings.